The minimum absolute atomic E-state index is 0.0601. The highest BCUT2D eigenvalue weighted by atomic mass is 79.9. The summed E-state index contributed by atoms with van der Waals surface area (Å²) in [6.07, 6.45) is 0. The molecule has 0 bridgehead atoms. The molecule has 3 aromatic rings. The maximum absolute atomic E-state index is 12.9. The number of carbonyl (C=O) groups excluding carboxylic acids is 1. The number of nitrogens with one attached hydrogen (secondary N) is 1. The van der Waals surface area contributed by atoms with Gasteiger partial charge in [-0.05, 0) is 55.5 Å². The van der Waals surface area contributed by atoms with Crippen LogP contribution in [0.1, 0.15) is 22.8 Å². The van der Waals surface area contributed by atoms with Gasteiger partial charge in [0.25, 0.3) is 5.91 Å². The smallest absolute Gasteiger partial charge is 0.255 e. The summed E-state index contributed by atoms with van der Waals surface area (Å²) in [5.74, 6) is 0.243. The summed E-state index contributed by atoms with van der Waals surface area (Å²) < 4.78 is 33.6. The Morgan fingerprint density at radius 3 is 2.45 bits per heavy atom. The van der Waals surface area contributed by atoms with Crippen LogP contribution in [0.25, 0.3) is 0 Å². The van der Waals surface area contributed by atoms with E-state index in [0.717, 1.165) is 4.47 Å². The Morgan fingerprint density at radius 1 is 1.03 bits per heavy atom. The number of benzene rings is 3. The van der Waals surface area contributed by atoms with Crippen molar-refractivity contribution < 1.29 is 17.9 Å². The SMILES string of the molecule is CCOc1ccc(C(=O)Nc2cccc(Br)c2)cc1CN(C)S(=O)(=O)c1ccccc1. The molecular weight excluding hydrogens is 480 g/mol. The molecule has 0 aliphatic heterocycles. The number of amides is 1. The average molecular weight is 503 g/mol. The summed E-state index contributed by atoms with van der Waals surface area (Å²) in [6.45, 7) is 2.33. The predicted molar refractivity (Wildman–Crippen MR) is 125 cm³/mol. The lowest BCUT2D eigenvalue weighted by atomic mass is 10.1. The molecule has 3 rings (SSSR count). The molecule has 0 aliphatic carbocycles. The highest BCUT2D eigenvalue weighted by Crippen LogP contribution is 2.25. The first-order chi connectivity index (χ1) is 14.8. The van der Waals surface area contributed by atoms with E-state index in [2.05, 4.69) is 21.2 Å². The molecule has 31 heavy (non-hydrogen) atoms. The van der Waals surface area contributed by atoms with Crippen LogP contribution in [0, 0.1) is 0 Å². The van der Waals surface area contributed by atoms with E-state index in [0.29, 0.717) is 29.2 Å². The van der Waals surface area contributed by atoms with Crippen LogP contribution in [0.5, 0.6) is 5.75 Å². The fraction of sp³-hybridized carbons (Fsp3) is 0.174. The summed E-state index contributed by atoms with van der Waals surface area (Å²) in [6, 6.07) is 20.5. The van der Waals surface area contributed by atoms with Crippen LogP contribution in [-0.2, 0) is 16.6 Å². The van der Waals surface area contributed by atoms with E-state index in [1.54, 1.807) is 60.7 Å². The number of carbonyl (C=O) groups is 1. The summed E-state index contributed by atoms with van der Waals surface area (Å²) >= 11 is 3.38. The van der Waals surface area contributed by atoms with Gasteiger partial charge in [0.05, 0.1) is 11.5 Å². The topological polar surface area (TPSA) is 75.7 Å². The van der Waals surface area contributed by atoms with Crippen molar-refractivity contribution in [2.24, 2.45) is 0 Å². The van der Waals surface area contributed by atoms with Crippen molar-refractivity contribution in [3.63, 3.8) is 0 Å². The van der Waals surface area contributed by atoms with E-state index >= 15 is 0 Å². The molecule has 0 unspecified atom stereocenters. The number of ether oxygens (including phenoxy) is 1. The lowest BCUT2D eigenvalue weighted by Crippen LogP contribution is -2.27. The highest BCUT2D eigenvalue weighted by molar-refractivity contribution is 9.10. The first-order valence-corrected chi connectivity index (χ1v) is 11.9. The van der Waals surface area contributed by atoms with Crippen molar-refractivity contribution >= 4 is 37.5 Å². The lowest BCUT2D eigenvalue weighted by Gasteiger charge is -2.20. The number of hydrogen-bond donors (Lipinski definition) is 1. The largest absolute Gasteiger partial charge is 0.494 e. The van der Waals surface area contributed by atoms with Gasteiger partial charge < -0.3 is 10.1 Å². The molecule has 0 aliphatic rings. The maximum atomic E-state index is 12.9. The van der Waals surface area contributed by atoms with Gasteiger partial charge in [0, 0.05) is 34.9 Å². The molecule has 162 valence electrons. The zero-order chi connectivity index (χ0) is 22.4. The minimum Gasteiger partial charge on any atom is -0.494 e. The molecule has 8 heteroatoms. The van der Waals surface area contributed by atoms with Gasteiger partial charge in [0.1, 0.15) is 5.75 Å². The third-order valence-corrected chi connectivity index (χ3v) is 6.86. The van der Waals surface area contributed by atoms with Gasteiger partial charge in [-0.25, -0.2) is 8.42 Å². The van der Waals surface area contributed by atoms with Gasteiger partial charge in [-0.15, -0.1) is 0 Å². The molecule has 3 aromatic carbocycles. The van der Waals surface area contributed by atoms with Crippen LogP contribution in [0.15, 0.2) is 82.2 Å². The zero-order valence-electron chi connectivity index (χ0n) is 17.2. The van der Waals surface area contributed by atoms with Crippen LogP contribution in [0.3, 0.4) is 0 Å². The zero-order valence-corrected chi connectivity index (χ0v) is 19.6. The first kappa shape index (κ1) is 23.0. The van der Waals surface area contributed by atoms with Gasteiger partial charge in [-0.3, -0.25) is 4.79 Å². The number of hydrogen-bond acceptors (Lipinski definition) is 4. The lowest BCUT2D eigenvalue weighted by molar-refractivity contribution is 0.102. The molecule has 0 aromatic heterocycles. The fourth-order valence-electron chi connectivity index (χ4n) is 3.01. The van der Waals surface area contributed by atoms with E-state index in [1.165, 1.54) is 11.4 Å². The minimum atomic E-state index is -3.68. The summed E-state index contributed by atoms with van der Waals surface area (Å²) in [5.41, 5.74) is 1.66. The van der Waals surface area contributed by atoms with E-state index in [-0.39, 0.29) is 17.3 Å². The Morgan fingerprint density at radius 2 is 1.77 bits per heavy atom. The third kappa shape index (κ3) is 5.72. The summed E-state index contributed by atoms with van der Waals surface area (Å²) in [4.78, 5) is 13.0. The normalized spacial score (nSPS) is 11.4. The van der Waals surface area contributed by atoms with Crippen molar-refractivity contribution in [1.29, 1.82) is 0 Å². The summed E-state index contributed by atoms with van der Waals surface area (Å²) in [5, 5.41) is 2.85. The van der Waals surface area contributed by atoms with Crippen LogP contribution >= 0.6 is 15.9 Å². The predicted octanol–water partition coefficient (Wildman–Crippen LogP) is 4.92. The molecule has 0 radical (unpaired) electrons. The van der Waals surface area contributed by atoms with Crippen molar-refractivity contribution in [2.75, 3.05) is 19.0 Å². The van der Waals surface area contributed by atoms with Crippen molar-refractivity contribution in [3.05, 3.63) is 88.4 Å². The number of halogens is 1. The van der Waals surface area contributed by atoms with E-state index < -0.39 is 10.0 Å². The second kappa shape index (κ2) is 10.1. The number of sulfonamides is 1. The molecule has 0 saturated heterocycles. The fourth-order valence-corrected chi connectivity index (χ4v) is 4.58. The molecule has 0 fully saturated rings. The molecule has 0 heterocycles. The van der Waals surface area contributed by atoms with Crippen LogP contribution in [0.4, 0.5) is 5.69 Å². The van der Waals surface area contributed by atoms with Crippen LogP contribution in [-0.4, -0.2) is 32.3 Å². The van der Waals surface area contributed by atoms with Crippen molar-refractivity contribution in [1.82, 2.24) is 4.31 Å². The molecule has 6 nitrogen and oxygen atoms in total. The van der Waals surface area contributed by atoms with Gasteiger partial charge in [-0.2, -0.15) is 4.31 Å². The monoisotopic (exact) mass is 502 g/mol. The van der Waals surface area contributed by atoms with E-state index in [9.17, 15) is 13.2 Å². The van der Waals surface area contributed by atoms with Gasteiger partial charge in [-0.1, -0.05) is 40.2 Å². The molecule has 0 spiro atoms. The number of rotatable bonds is 8. The molecule has 0 saturated carbocycles. The Bertz CT molecular complexity index is 1170. The standard InChI is InChI=1S/C23H23BrN2O4S/c1-3-30-22-13-12-17(23(27)25-20-9-7-8-19(24)15-20)14-18(22)16-26(2)31(28,29)21-10-5-4-6-11-21/h4-15H,3,16H2,1-2H3,(H,25,27). The third-order valence-electron chi connectivity index (χ3n) is 4.55. The number of anilines is 1. The summed E-state index contributed by atoms with van der Waals surface area (Å²) in [7, 11) is -2.18. The van der Waals surface area contributed by atoms with Gasteiger partial charge in [0.15, 0.2) is 0 Å². The second-order valence-electron chi connectivity index (χ2n) is 6.79. The molecule has 1 amide bonds. The van der Waals surface area contributed by atoms with Crippen molar-refractivity contribution in [3.8, 4) is 5.75 Å². The van der Waals surface area contributed by atoms with Crippen LogP contribution < -0.4 is 10.1 Å². The van der Waals surface area contributed by atoms with Gasteiger partial charge >= 0.3 is 0 Å². The Kier molecular flexibility index (Phi) is 7.48. The number of nitrogens with zero attached hydrogens (tertiary/aromatic N) is 1. The van der Waals surface area contributed by atoms with Crippen LogP contribution in [0.2, 0.25) is 0 Å². The van der Waals surface area contributed by atoms with E-state index in [1.807, 2.05) is 19.1 Å². The quantitative estimate of drug-likeness (QED) is 0.474. The Labute approximate surface area is 191 Å². The first-order valence-electron chi connectivity index (χ1n) is 9.65. The molecule has 0 atom stereocenters. The average Bonchev–Trinajstić information content (AvgIpc) is 2.75. The molecular formula is C23H23BrN2O4S. The van der Waals surface area contributed by atoms with Gasteiger partial charge in [0.2, 0.25) is 10.0 Å². The maximum Gasteiger partial charge on any atom is 0.255 e. The highest BCUT2D eigenvalue weighted by Gasteiger charge is 2.22. The second-order valence-corrected chi connectivity index (χ2v) is 9.75. The Balaban J connectivity index is 1.87. The Hall–Kier alpha value is -2.68. The van der Waals surface area contributed by atoms with Crippen molar-refractivity contribution in [2.45, 2.75) is 18.4 Å². The van der Waals surface area contributed by atoms with E-state index in [4.69, 9.17) is 4.74 Å². The molecule has 1 N–H and O–H groups in total.